The Morgan fingerprint density at radius 2 is 1.87 bits per heavy atom. The van der Waals surface area contributed by atoms with Crippen LogP contribution in [0.2, 0.25) is 0 Å². The summed E-state index contributed by atoms with van der Waals surface area (Å²) in [5, 5.41) is 16.3. The number of hydrogen-bond donors (Lipinski definition) is 3. The van der Waals surface area contributed by atoms with Gasteiger partial charge in [0.1, 0.15) is 0 Å². The number of anilines is 1. The van der Waals surface area contributed by atoms with E-state index in [0.29, 0.717) is 5.11 Å². The molecule has 0 unspecified atom stereocenters. The lowest BCUT2D eigenvalue weighted by atomic mass is 10.1. The Labute approximate surface area is 140 Å². The fraction of sp³-hybridized carbons (Fsp3) is 0.118. The minimum atomic E-state index is -0.953. The molecule has 0 radical (unpaired) electrons. The molecule has 0 aliphatic rings. The standard InChI is InChI=1S/C17H17N3O2S/c1-11-3-8-15(12(2)9-11)19-17(23)20-18-10-13-4-6-14(7-5-13)16(21)22/h3-10H,1-2H3,(H,21,22)(H2,19,20,23)/b18-10-. The van der Waals surface area contributed by atoms with Gasteiger partial charge in [-0.05, 0) is 55.4 Å². The second-order valence-electron chi connectivity index (χ2n) is 5.07. The summed E-state index contributed by atoms with van der Waals surface area (Å²) in [4.78, 5) is 10.8. The van der Waals surface area contributed by atoms with Crippen molar-refractivity contribution in [3.8, 4) is 0 Å². The maximum Gasteiger partial charge on any atom is 0.335 e. The quantitative estimate of drug-likeness (QED) is 0.456. The number of nitrogens with one attached hydrogen (secondary N) is 2. The molecule has 6 heteroatoms. The minimum absolute atomic E-state index is 0.238. The van der Waals surface area contributed by atoms with Gasteiger partial charge in [-0.2, -0.15) is 5.10 Å². The van der Waals surface area contributed by atoms with Crippen LogP contribution in [0.5, 0.6) is 0 Å². The largest absolute Gasteiger partial charge is 0.478 e. The highest BCUT2D eigenvalue weighted by Gasteiger charge is 2.01. The van der Waals surface area contributed by atoms with Crippen LogP contribution in [0.4, 0.5) is 5.69 Å². The van der Waals surface area contributed by atoms with E-state index < -0.39 is 5.97 Å². The number of carboxylic acid groups (broad SMARTS) is 1. The van der Waals surface area contributed by atoms with E-state index in [9.17, 15) is 4.79 Å². The Bertz CT molecular complexity index is 755. The predicted octanol–water partition coefficient (Wildman–Crippen LogP) is 3.32. The molecule has 0 saturated carbocycles. The Morgan fingerprint density at radius 1 is 1.17 bits per heavy atom. The molecule has 0 aliphatic carbocycles. The van der Waals surface area contributed by atoms with E-state index >= 15 is 0 Å². The number of hydrogen-bond acceptors (Lipinski definition) is 3. The van der Waals surface area contributed by atoms with Crippen molar-refractivity contribution >= 4 is 35.2 Å². The van der Waals surface area contributed by atoms with Crippen molar-refractivity contribution in [3.63, 3.8) is 0 Å². The molecule has 0 aliphatic heterocycles. The summed E-state index contributed by atoms with van der Waals surface area (Å²) in [7, 11) is 0. The van der Waals surface area contributed by atoms with Crippen molar-refractivity contribution < 1.29 is 9.90 Å². The lowest BCUT2D eigenvalue weighted by Gasteiger charge is -2.10. The van der Waals surface area contributed by atoms with Crippen LogP contribution in [0.1, 0.15) is 27.0 Å². The van der Waals surface area contributed by atoms with E-state index in [2.05, 4.69) is 21.9 Å². The van der Waals surface area contributed by atoms with Gasteiger partial charge in [-0.1, -0.05) is 29.8 Å². The van der Waals surface area contributed by atoms with E-state index in [1.807, 2.05) is 26.0 Å². The third-order valence-corrected chi connectivity index (χ3v) is 3.36. The van der Waals surface area contributed by atoms with Crippen LogP contribution in [0.25, 0.3) is 0 Å². The highest BCUT2D eigenvalue weighted by molar-refractivity contribution is 7.80. The summed E-state index contributed by atoms with van der Waals surface area (Å²) in [5.41, 5.74) is 6.96. The Balaban J connectivity index is 1.92. The third-order valence-electron chi connectivity index (χ3n) is 3.17. The number of thiocarbonyl (C=S) groups is 1. The Hall–Kier alpha value is -2.73. The number of aryl methyl sites for hydroxylation is 2. The molecule has 3 N–H and O–H groups in total. The molecule has 2 aromatic rings. The topological polar surface area (TPSA) is 73.7 Å². The number of rotatable bonds is 4. The van der Waals surface area contributed by atoms with E-state index in [1.54, 1.807) is 18.3 Å². The smallest absolute Gasteiger partial charge is 0.335 e. The first-order chi connectivity index (χ1) is 11.0. The van der Waals surface area contributed by atoms with Crippen molar-refractivity contribution in [1.82, 2.24) is 5.43 Å². The van der Waals surface area contributed by atoms with Crippen LogP contribution in [0.3, 0.4) is 0 Å². The van der Waals surface area contributed by atoms with Crippen LogP contribution in [-0.4, -0.2) is 22.4 Å². The molecule has 0 bridgehead atoms. The van der Waals surface area contributed by atoms with Gasteiger partial charge in [-0.3, -0.25) is 5.43 Å². The van der Waals surface area contributed by atoms with Crippen molar-refractivity contribution in [2.45, 2.75) is 13.8 Å². The number of carboxylic acids is 1. The zero-order chi connectivity index (χ0) is 16.8. The molecule has 0 aromatic heterocycles. The van der Waals surface area contributed by atoms with Crippen LogP contribution in [0.15, 0.2) is 47.6 Å². The molecule has 0 spiro atoms. The Morgan fingerprint density at radius 3 is 2.48 bits per heavy atom. The van der Waals surface area contributed by atoms with Gasteiger partial charge >= 0.3 is 5.97 Å². The maximum atomic E-state index is 10.8. The van der Waals surface area contributed by atoms with Gasteiger partial charge in [0.25, 0.3) is 0 Å². The summed E-state index contributed by atoms with van der Waals surface area (Å²) in [6.45, 7) is 4.04. The van der Waals surface area contributed by atoms with Crippen LogP contribution in [-0.2, 0) is 0 Å². The van der Waals surface area contributed by atoms with Gasteiger partial charge in [0.15, 0.2) is 5.11 Å². The summed E-state index contributed by atoms with van der Waals surface area (Å²) >= 11 is 5.19. The molecular weight excluding hydrogens is 310 g/mol. The van der Waals surface area contributed by atoms with Gasteiger partial charge < -0.3 is 10.4 Å². The van der Waals surface area contributed by atoms with Gasteiger partial charge in [-0.15, -0.1) is 0 Å². The molecule has 0 amide bonds. The molecule has 23 heavy (non-hydrogen) atoms. The van der Waals surface area contributed by atoms with E-state index in [1.165, 1.54) is 17.7 Å². The SMILES string of the molecule is Cc1ccc(NC(=S)N/N=C\c2ccc(C(=O)O)cc2)c(C)c1. The zero-order valence-electron chi connectivity index (χ0n) is 12.8. The average molecular weight is 327 g/mol. The minimum Gasteiger partial charge on any atom is -0.478 e. The fourth-order valence-corrected chi connectivity index (χ4v) is 2.14. The molecule has 118 valence electrons. The number of nitrogens with zero attached hydrogens (tertiary/aromatic N) is 1. The van der Waals surface area contributed by atoms with Crippen molar-refractivity contribution in [1.29, 1.82) is 0 Å². The van der Waals surface area contributed by atoms with Crippen molar-refractivity contribution in [2.75, 3.05) is 5.32 Å². The molecule has 0 atom stereocenters. The highest BCUT2D eigenvalue weighted by atomic mass is 32.1. The zero-order valence-corrected chi connectivity index (χ0v) is 13.6. The van der Waals surface area contributed by atoms with Crippen molar-refractivity contribution in [2.24, 2.45) is 5.10 Å². The summed E-state index contributed by atoms with van der Waals surface area (Å²) in [6.07, 6.45) is 1.57. The predicted molar refractivity (Wildman–Crippen MR) is 96.3 cm³/mol. The van der Waals surface area contributed by atoms with Crippen LogP contribution < -0.4 is 10.7 Å². The van der Waals surface area contributed by atoms with Gasteiger partial charge in [0.05, 0.1) is 11.8 Å². The second kappa shape index (κ2) is 7.51. The summed E-state index contributed by atoms with van der Waals surface area (Å²) < 4.78 is 0. The van der Waals surface area contributed by atoms with Crippen LogP contribution >= 0.6 is 12.2 Å². The number of carbonyl (C=O) groups is 1. The summed E-state index contributed by atoms with van der Waals surface area (Å²) in [5.74, 6) is -0.953. The van der Waals surface area contributed by atoms with Gasteiger partial charge in [-0.25, -0.2) is 4.79 Å². The first kappa shape index (κ1) is 16.6. The molecule has 2 rings (SSSR count). The normalized spacial score (nSPS) is 10.5. The number of aromatic carboxylic acids is 1. The highest BCUT2D eigenvalue weighted by Crippen LogP contribution is 2.15. The first-order valence-corrected chi connectivity index (χ1v) is 7.37. The average Bonchev–Trinajstić information content (AvgIpc) is 2.50. The van der Waals surface area contributed by atoms with Crippen LogP contribution in [0, 0.1) is 13.8 Å². The molecular formula is C17H17N3O2S. The van der Waals surface area contributed by atoms with Gasteiger partial charge in [0, 0.05) is 5.69 Å². The van der Waals surface area contributed by atoms with E-state index in [-0.39, 0.29) is 5.56 Å². The Kier molecular flexibility index (Phi) is 5.43. The second-order valence-corrected chi connectivity index (χ2v) is 5.48. The maximum absolute atomic E-state index is 10.8. The lowest BCUT2D eigenvalue weighted by molar-refractivity contribution is 0.0697. The number of hydrazone groups is 1. The van der Waals surface area contributed by atoms with Crippen molar-refractivity contribution in [3.05, 3.63) is 64.7 Å². The monoisotopic (exact) mass is 327 g/mol. The first-order valence-electron chi connectivity index (χ1n) is 6.96. The lowest BCUT2D eigenvalue weighted by Crippen LogP contribution is -2.24. The number of benzene rings is 2. The van der Waals surface area contributed by atoms with E-state index in [4.69, 9.17) is 17.3 Å². The van der Waals surface area contributed by atoms with E-state index in [0.717, 1.165) is 16.8 Å². The molecule has 2 aromatic carbocycles. The molecule has 0 saturated heterocycles. The molecule has 5 nitrogen and oxygen atoms in total. The van der Waals surface area contributed by atoms with Gasteiger partial charge in [0.2, 0.25) is 0 Å². The third kappa shape index (κ3) is 4.89. The molecule has 0 heterocycles. The fourth-order valence-electron chi connectivity index (χ4n) is 1.98. The molecule has 0 fully saturated rings. The summed E-state index contributed by atoms with van der Waals surface area (Å²) in [6, 6.07) is 12.4.